The highest BCUT2D eigenvalue weighted by molar-refractivity contribution is 7.89. The van der Waals surface area contributed by atoms with Crippen LogP contribution in [0, 0.1) is 5.92 Å². The van der Waals surface area contributed by atoms with E-state index >= 15 is 0 Å². The van der Waals surface area contributed by atoms with E-state index in [2.05, 4.69) is 10.6 Å². The number of hydrogen-bond donors (Lipinski definition) is 2. The van der Waals surface area contributed by atoms with Crippen molar-refractivity contribution in [1.29, 1.82) is 0 Å². The molecule has 10 heteroatoms. The summed E-state index contributed by atoms with van der Waals surface area (Å²) in [6, 6.07) is 11.4. The van der Waals surface area contributed by atoms with E-state index in [1.165, 1.54) is 16.4 Å². The van der Waals surface area contributed by atoms with Crippen LogP contribution in [0.5, 0.6) is 5.75 Å². The molecule has 0 radical (unpaired) electrons. The third-order valence-electron chi connectivity index (χ3n) is 5.70. The molecular formula is C22H24ClN3O5S. The predicted molar refractivity (Wildman–Crippen MR) is 121 cm³/mol. The third-order valence-corrected chi connectivity index (χ3v) is 7.83. The zero-order valence-electron chi connectivity index (χ0n) is 17.5. The molecule has 170 valence electrons. The average molecular weight is 478 g/mol. The smallest absolute Gasteiger partial charge is 0.265 e. The lowest BCUT2D eigenvalue weighted by Crippen LogP contribution is -2.41. The summed E-state index contributed by atoms with van der Waals surface area (Å²) in [5.74, 6) is -0.279. The predicted octanol–water partition coefficient (Wildman–Crippen LogP) is 3.49. The Morgan fingerprint density at radius 2 is 1.97 bits per heavy atom. The van der Waals surface area contributed by atoms with Crippen LogP contribution in [-0.2, 0) is 19.6 Å². The molecule has 4 rings (SSSR count). The molecule has 2 aliphatic rings. The largest absolute Gasteiger partial charge is 0.478 e. The lowest BCUT2D eigenvalue weighted by Gasteiger charge is -2.31. The van der Waals surface area contributed by atoms with Crippen LogP contribution in [0.2, 0.25) is 5.02 Å². The van der Waals surface area contributed by atoms with Crippen molar-refractivity contribution in [1.82, 2.24) is 4.31 Å². The number of carbonyl (C=O) groups is 2. The number of rotatable bonds is 5. The molecule has 2 aromatic carbocycles. The van der Waals surface area contributed by atoms with Gasteiger partial charge in [0.15, 0.2) is 6.10 Å². The maximum Gasteiger partial charge on any atom is 0.265 e. The van der Waals surface area contributed by atoms with Gasteiger partial charge in [-0.3, -0.25) is 9.59 Å². The Balaban J connectivity index is 1.41. The molecule has 0 bridgehead atoms. The third kappa shape index (κ3) is 4.60. The van der Waals surface area contributed by atoms with Gasteiger partial charge in [0.2, 0.25) is 15.9 Å². The SMILES string of the molecule is CC[C@H]1Oc2ccc(S(=O)(=O)N3CCC(C(=O)Nc4cccc(Cl)c4)CC3)cc2NC1=O. The number of sulfonamides is 1. The Hall–Kier alpha value is -2.62. The molecular weight excluding hydrogens is 454 g/mol. The summed E-state index contributed by atoms with van der Waals surface area (Å²) in [7, 11) is -3.77. The summed E-state index contributed by atoms with van der Waals surface area (Å²) >= 11 is 5.95. The van der Waals surface area contributed by atoms with Gasteiger partial charge in [0.1, 0.15) is 5.75 Å². The van der Waals surface area contributed by atoms with Crippen LogP contribution in [0.1, 0.15) is 26.2 Å². The maximum atomic E-state index is 13.1. The van der Waals surface area contributed by atoms with Gasteiger partial charge in [0, 0.05) is 29.7 Å². The van der Waals surface area contributed by atoms with Gasteiger partial charge in [-0.25, -0.2) is 8.42 Å². The average Bonchev–Trinajstić information content (AvgIpc) is 2.78. The Labute approximate surface area is 191 Å². The summed E-state index contributed by atoms with van der Waals surface area (Å²) < 4.78 is 33.3. The van der Waals surface area contributed by atoms with Crippen molar-refractivity contribution in [3.05, 3.63) is 47.5 Å². The topological polar surface area (TPSA) is 105 Å². The fraction of sp³-hybridized carbons (Fsp3) is 0.364. The summed E-state index contributed by atoms with van der Waals surface area (Å²) in [4.78, 5) is 24.7. The Kier molecular flexibility index (Phi) is 6.41. The van der Waals surface area contributed by atoms with E-state index < -0.39 is 16.1 Å². The molecule has 2 N–H and O–H groups in total. The van der Waals surface area contributed by atoms with Crippen molar-refractivity contribution in [2.75, 3.05) is 23.7 Å². The number of ether oxygens (including phenoxy) is 1. The van der Waals surface area contributed by atoms with Crippen LogP contribution in [-0.4, -0.2) is 43.7 Å². The normalized spacial score (nSPS) is 19.6. The first kappa shape index (κ1) is 22.6. The summed E-state index contributed by atoms with van der Waals surface area (Å²) in [6.45, 7) is 2.30. The molecule has 2 aliphatic heterocycles. The number of nitrogens with zero attached hydrogens (tertiary/aromatic N) is 1. The van der Waals surface area contributed by atoms with Crippen molar-refractivity contribution < 1.29 is 22.7 Å². The molecule has 0 unspecified atom stereocenters. The first-order valence-electron chi connectivity index (χ1n) is 10.5. The zero-order valence-corrected chi connectivity index (χ0v) is 19.1. The lowest BCUT2D eigenvalue weighted by atomic mass is 9.97. The molecule has 1 fully saturated rings. The van der Waals surface area contributed by atoms with Crippen molar-refractivity contribution in [2.45, 2.75) is 37.2 Å². The number of piperidine rings is 1. The number of carbonyl (C=O) groups excluding carboxylic acids is 2. The summed E-state index contributed by atoms with van der Waals surface area (Å²) in [6.07, 6.45) is 0.760. The standard InChI is InChI=1S/C22H24ClN3O5S/c1-2-19-22(28)25-18-13-17(6-7-20(18)31-19)32(29,30)26-10-8-14(9-11-26)21(27)24-16-5-3-4-15(23)12-16/h3-7,12-14,19H,2,8-11H2,1H3,(H,24,27)(H,25,28)/t19-/m1/s1. The zero-order chi connectivity index (χ0) is 22.9. The molecule has 0 aromatic heterocycles. The van der Waals surface area contributed by atoms with Crippen LogP contribution in [0.4, 0.5) is 11.4 Å². The van der Waals surface area contributed by atoms with E-state index in [1.807, 2.05) is 6.92 Å². The Bertz CT molecular complexity index is 1150. The second-order valence-electron chi connectivity index (χ2n) is 7.84. The van der Waals surface area contributed by atoms with Gasteiger partial charge in [0.05, 0.1) is 10.6 Å². The van der Waals surface area contributed by atoms with Crippen molar-refractivity contribution in [3.8, 4) is 5.75 Å². The summed E-state index contributed by atoms with van der Waals surface area (Å²) in [5.41, 5.74) is 0.956. The van der Waals surface area contributed by atoms with Crippen LogP contribution in [0.15, 0.2) is 47.4 Å². The molecule has 2 aromatic rings. The van der Waals surface area contributed by atoms with Gasteiger partial charge in [0.25, 0.3) is 5.91 Å². The monoisotopic (exact) mass is 477 g/mol. The molecule has 8 nitrogen and oxygen atoms in total. The second kappa shape index (κ2) is 9.09. The first-order valence-corrected chi connectivity index (χ1v) is 12.3. The second-order valence-corrected chi connectivity index (χ2v) is 10.2. The van der Waals surface area contributed by atoms with Crippen molar-refractivity contribution in [3.63, 3.8) is 0 Å². The number of hydrogen-bond acceptors (Lipinski definition) is 5. The van der Waals surface area contributed by atoms with Gasteiger partial charge in [-0.05, 0) is 55.7 Å². The van der Waals surface area contributed by atoms with Crippen LogP contribution in [0.25, 0.3) is 0 Å². The first-order chi connectivity index (χ1) is 15.3. The van der Waals surface area contributed by atoms with Crippen molar-refractivity contribution >= 4 is 44.8 Å². The van der Waals surface area contributed by atoms with E-state index in [1.54, 1.807) is 30.3 Å². The number of anilines is 2. The molecule has 1 atom stereocenters. The Morgan fingerprint density at radius 1 is 1.22 bits per heavy atom. The molecule has 0 aliphatic carbocycles. The van der Waals surface area contributed by atoms with Crippen LogP contribution < -0.4 is 15.4 Å². The fourth-order valence-corrected chi connectivity index (χ4v) is 5.56. The number of halogens is 1. The molecule has 2 heterocycles. The van der Waals surface area contributed by atoms with Crippen LogP contribution in [0.3, 0.4) is 0 Å². The maximum absolute atomic E-state index is 13.1. The number of amides is 2. The molecule has 2 amide bonds. The highest BCUT2D eigenvalue weighted by Gasteiger charge is 2.33. The molecule has 1 saturated heterocycles. The highest BCUT2D eigenvalue weighted by Crippen LogP contribution is 2.34. The Morgan fingerprint density at radius 3 is 2.66 bits per heavy atom. The van der Waals surface area contributed by atoms with E-state index in [0.717, 1.165) is 0 Å². The lowest BCUT2D eigenvalue weighted by molar-refractivity contribution is -0.123. The quantitative estimate of drug-likeness (QED) is 0.685. The molecule has 0 saturated carbocycles. The summed E-state index contributed by atoms with van der Waals surface area (Å²) in [5, 5.41) is 6.08. The van der Waals surface area contributed by atoms with E-state index in [0.29, 0.717) is 41.4 Å². The number of fused-ring (bicyclic) bond motifs is 1. The number of benzene rings is 2. The minimum Gasteiger partial charge on any atom is -0.478 e. The van der Waals surface area contributed by atoms with Gasteiger partial charge < -0.3 is 15.4 Å². The van der Waals surface area contributed by atoms with Crippen LogP contribution >= 0.6 is 11.6 Å². The van der Waals surface area contributed by atoms with Crippen molar-refractivity contribution in [2.24, 2.45) is 5.92 Å². The van der Waals surface area contributed by atoms with Gasteiger partial charge in [-0.1, -0.05) is 24.6 Å². The van der Waals surface area contributed by atoms with Gasteiger partial charge in [-0.15, -0.1) is 0 Å². The van der Waals surface area contributed by atoms with E-state index in [4.69, 9.17) is 16.3 Å². The van der Waals surface area contributed by atoms with E-state index in [9.17, 15) is 18.0 Å². The van der Waals surface area contributed by atoms with Gasteiger partial charge >= 0.3 is 0 Å². The number of nitrogens with one attached hydrogen (secondary N) is 2. The molecule has 32 heavy (non-hydrogen) atoms. The molecule has 0 spiro atoms. The van der Waals surface area contributed by atoms with Gasteiger partial charge in [-0.2, -0.15) is 4.31 Å². The fourth-order valence-electron chi connectivity index (χ4n) is 3.88. The highest BCUT2D eigenvalue weighted by atomic mass is 35.5. The van der Waals surface area contributed by atoms with E-state index in [-0.39, 0.29) is 35.7 Å². The minimum atomic E-state index is -3.77. The minimum absolute atomic E-state index is 0.0805.